The zero-order chi connectivity index (χ0) is 20.1. The molecule has 1 fully saturated rings. The second kappa shape index (κ2) is 9.12. The van der Waals surface area contributed by atoms with Gasteiger partial charge in [0.15, 0.2) is 11.5 Å². The predicted octanol–water partition coefficient (Wildman–Crippen LogP) is 4.26. The molecule has 2 aromatic rings. The zero-order valence-corrected chi connectivity index (χ0v) is 17.5. The van der Waals surface area contributed by atoms with Gasteiger partial charge in [0, 0.05) is 0 Å². The van der Waals surface area contributed by atoms with Gasteiger partial charge in [-0.15, -0.1) is 0 Å². The van der Waals surface area contributed by atoms with Crippen LogP contribution in [0, 0.1) is 13.8 Å². The van der Waals surface area contributed by atoms with Gasteiger partial charge in [0.25, 0.3) is 5.91 Å². The Balaban J connectivity index is 1.61. The molecule has 0 aliphatic carbocycles. The van der Waals surface area contributed by atoms with E-state index >= 15 is 0 Å². The third-order valence-electron chi connectivity index (χ3n) is 4.07. The summed E-state index contributed by atoms with van der Waals surface area (Å²) in [5.74, 6) is 1.89. The van der Waals surface area contributed by atoms with E-state index in [1.807, 2.05) is 44.2 Å². The summed E-state index contributed by atoms with van der Waals surface area (Å²) in [4.78, 5) is 12.3. The number of amides is 1. The van der Waals surface area contributed by atoms with Crippen LogP contribution in [-0.4, -0.2) is 30.6 Å². The Labute approximate surface area is 174 Å². The van der Waals surface area contributed by atoms with Gasteiger partial charge in [-0.25, -0.2) is 0 Å². The van der Waals surface area contributed by atoms with E-state index in [0.29, 0.717) is 33.9 Å². The van der Waals surface area contributed by atoms with Crippen LogP contribution in [0.25, 0.3) is 6.08 Å². The van der Waals surface area contributed by atoms with Crippen molar-refractivity contribution in [2.75, 3.05) is 20.3 Å². The normalized spacial score (nSPS) is 14.9. The van der Waals surface area contributed by atoms with Crippen LogP contribution in [0.15, 0.2) is 41.3 Å². The highest BCUT2D eigenvalue weighted by Gasteiger charge is 2.22. The second-order valence-corrected chi connectivity index (χ2v) is 7.95. The van der Waals surface area contributed by atoms with Crippen LogP contribution in [-0.2, 0) is 4.79 Å². The van der Waals surface area contributed by atoms with E-state index in [9.17, 15) is 4.79 Å². The Morgan fingerprint density at radius 3 is 2.46 bits per heavy atom. The highest BCUT2D eigenvalue weighted by atomic mass is 32.2. The number of carbonyl (C=O) groups excluding carboxylic acids is 1. The first-order valence-electron chi connectivity index (χ1n) is 8.72. The standard InChI is InChI=1S/C21H21NO4S2/c1-13-4-5-14(2)17(10-13)26-9-8-25-16-7-6-15(11-18(16)24-3)12-19-20(23)22-21(27)28-19/h4-7,10-12H,8-9H2,1-3H3,(H,22,23,27)/b19-12+. The molecule has 2 aromatic carbocycles. The lowest BCUT2D eigenvalue weighted by molar-refractivity contribution is -0.115. The molecule has 1 N–H and O–H groups in total. The average molecular weight is 416 g/mol. The highest BCUT2D eigenvalue weighted by Crippen LogP contribution is 2.31. The lowest BCUT2D eigenvalue weighted by Gasteiger charge is -2.13. The van der Waals surface area contributed by atoms with Crippen LogP contribution in [0.4, 0.5) is 0 Å². The molecule has 1 saturated heterocycles. The lowest BCUT2D eigenvalue weighted by atomic mass is 10.1. The number of thioether (sulfide) groups is 1. The van der Waals surface area contributed by atoms with E-state index in [4.69, 9.17) is 26.4 Å². The summed E-state index contributed by atoms with van der Waals surface area (Å²) in [5.41, 5.74) is 3.08. The minimum absolute atomic E-state index is 0.183. The Kier molecular flexibility index (Phi) is 6.59. The monoisotopic (exact) mass is 415 g/mol. The van der Waals surface area contributed by atoms with Crippen molar-refractivity contribution >= 4 is 40.3 Å². The molecule has 1 heterocycles. The van der Waals surface area contributed by atoms with Gasteiger partial charge in [0.05, 0.1) is 12.0 Å². The summed E-state index contributed by atoms with van der Waals surface area (Å²) in [6.07, 6.45) is 1.77. The van der Waals surface area contributed by atoms with Gasteiger partial charge < -0.3 is 19.5 Å². The number of benzene rings is 2. The molecule has 3 rings (SSSR count). The van der Waals surface area contributed by atoms with Gasteiger partial charge in [0.2, 0.25) is 0 Å². The van der Waals surface area contributed by atoms with Crippen molar-refractivity contribution in [3.63, 3.8) is 0 Å². The fourth-order valence-electron chi connectivity index (χ4n) is 2.63. The molecule has 1 aliphatic rings. The summed E-state index contributed by atoms with van der Waals surface area (Å²) in [6, 6.07) is 11.6. The van der Waals surface area contributed by atoms with Crippen LogP contribution in [0.3, 0.4) is 0 Å². The molecule has 1 aliphatic heterocycles. The van der Waals surface area contributed by atoms with Crippen molar-refractivity contribution in [2.45, 2.75) is 13.8 Å². The van der Waals surface area contributed by atoms with Gasteiger partial charge in [-0.3, -0.25) is 4.79 Å². The highest BCUT2D eigenvalue weighted by molar-refractivity contribution is 8.26. The summed E-state index contributed by atoms with van der Waals surface area (Å²) in [6.45, 7) is 4.86. The maximum atomic E-state index is 11.8. The molecule has 28 heavy (non-hydrogen) atoms. The van der Waals surface area contributed by atoms with Gasteiger partial charge in [0.1, 0.15) is 23.3 Å². The number of ether oxygens (including phenoxy) is 3. The van der Waals surface area contributed by atoms with Crippen molar-refractivity contribution in [3.05, 3.63) is 58.0 Å². The Bertz CT molecular complexity index is 940. The molecule has 0 unspecified atom stereocenters. The minimum Gasteiger partial charge on any atom is -0.493 e. The SMILES string of the molecule is COc1cc(/C=C2/SC(=S)NC2=O)ccc1OCCOc1cc(C)ccc1C. The summed E-state index contributed by atoms with van der Waals surface area (Å²) in [7, 11) is 1.58. The third-order valence-corrected chi connectivity index (χ3v) is 5.23. The summed E-state index contributed by atoms with van der Waals surface area (Å²) >= 11 is 6.25. The van der Waals surface area contributed by atoms with Gasteiger partial charge in [-0.05, 0) is 54.8 Å². The molecular weight excluding hydrogens is 394 g/mol. The third kappa shape index (κ3) is 5.05. The van der Waals surface area contributed by atoms with Crippen molar-refractivity contribution in [1.82, 2.24) is 5.32 Å². The zero-order valence-electron chi connectivity index (χ0n) is 15.9. The van der Waals surface area contributed by atoms with Crippen LogP contribution in [0.2, 0.25) is 0 Å². The van der Waals surface area contributed by atoms with Crippen molar-refractivity contribution in [3.8, 4) is 17.2 Å². The average Bonchev–Trinajstić information content (AvgIpc) is 2.99. The smallest absolute Gasteiger partial charge is 0.263 e. The number of aryl methyl sites for hydroxylation is 2. The first-order chi connectivity index (χ1) is 13.5. The molecule has 0 atom stereocenters. The molecule has 7 heteroatoms. The number of nitrogens with one attached hydrogen (secondary N) is 1. The molecule has 0 radical (unpaired) electrons. The summed E-state index contributed by atoms with van der Waals surface area (Å²) < 4.78 is 17.5. The van der Waals surface area contributed by atoms with Crippen LogP contribution in [0.5, 0.6) is 17.2 Å². The quantitative estimate of drug-likeness (QED) is 0.414. The van der Waals surface area contributed by atoms with E-state index in [1.165, 1.54) is 11.8 Å². The second-order valence-electron chi connectivity index (χ2n) is 6.23. The van der Waals surface area contributed by atoms with Crippen LogP contribution >= 0.6 is 24.0 Å². The maximum Gasteiger partial charge on any atom is 0.263 e. The van der Waals surface area contributed by atoms with Crippen molar-refractivity contribution in [2.24, 2.45) is 0 Å². The first kappa shape index (κ1) is 20.2. The van der Waals surface area contributed by atoms with Gasteiger partial charge in [-0.1, -0.05) is 42.2 Å². The Morgan fingerprint density at radius 2 is 1.79 bits per heavy atom. The van der Waals surface area contributed by atoms with Crippen molar-refractivity contribution in [1.29, 1.82) is 0 Å². The lowest BCUT2D eigenvalue weighted by Crippen LogP contribution is -2.17. The number of thiocarbonyl (C=S) groups is 1. The number of methoxy groups -OCH3 is 1. The maximum absolute atomic E-state index is 11.8. The molecule has 0 saturated carbocycles. The van der Waals surface area contributed by atoms with Gasteiger partial charge in [-0.2, -0.15) is 0 Å². The minimum atomic E-state index is -0.183. The van der Waals surface area contributed by atoms with Crippen molar-refractivity contribution < 1.29 is 19.0 Å². The Morgan fingerprint density at radius 1 is 1.04 bits per heavy atom. The molecule has 5 nitrogen and oxygen atoms in total. The van der Waals surface area contributed by atoms with Crippen LogP contribution in [0.1, 0.15) is 16.7 Å². The topological polar surface area (TPSA) is 56.8 Å². The van der Waals surface area contributed by atoms with E-state index in [-0.39, 0.29) is 5.91 Å². The molecular formula is C21H21NO4S2. The number of rotatable bonds is 7. The molecule has 146 valence electrons. The molecule has 1 amide bonds. The van der Waals surface area contributed by atoms with Crippen LogP contribution < -0.4 is 19.5 Å². The number of carbonyl (C=O) groups is 1. The summed E-state index contributed by atoms with van der Waals surface area (Å²) in [5, 5.41) is 2.60. The Hall–Kier alpha value is -2.51. The van der Waals surface area contributed by atoms with E-state index < -0.39 is 0 Å². The van der Waals surface area contributed by atoms with E-state index in [0.717, 1.165) is 22.4 Å². The molecule has 0 aromatic heterocycles. The molecule has 0 bridgehead atoms. The van der Waals surface area contributed by atoms with E-state index in [2.05, 4.69) is 11.4 Å². The van der Waals surface area contributed by atoms with E-state index in [1.54, 1.807) is 13.2 Å². The largest absolute Gasteiger partial charge is 0.493 e. The fourth-order valence-corrected chi connectivity index (χ4v) is 3.68. The number of hydrogen-bond acceptors (Lipinski definition) is 6. The number of hydrogen-bond donors (Lipinski definition) is 1. The van der Waals surface area contributed by atoms with Gasteiger partial charge >= 0.3 is 0 Å². The predicted molar refractivity (Wildman–Crippen MR) is 116 cm³/mol. The fraction of sp³-hybridized carbons (Fsp3) is 0.238. The molecule has 0 spiro atoms. The first-order valence-corrected chi connectivity index (χ1v) is 9.94.